The number of benzene rings is 5. The van der Waals surface area contributed by atoms with E-state index in [-0.39, 0.29) is 111 Å². The third kappa shape index (κ3) is 9.11. The molecule has 294 valence electrons. The van der Waals surface area contributed by atoms with Gasteiger partial charge in [-0.1, -0.05) is 66.1 Å². The van der Waals surface area contributed by atoms with E-state index in [9.17, 15) is 9.90 Å². The van der Waals surface area contributed by atoms with E-state index in [1.54, 1.807) is 19.2 Å². The van der Waals surface area contributed by atoms with E-state index < -0.39 is 0 Å². The van der Waals surface area contributed by atoms with Crippen LogP contribution in [0.2, 0.25) is 0 Å². The fourth-order valence-electron chi connectivity index (χ4n) is 7.98. The molecule has 58 heavy (non-hydrogen) atoms. The zero-order chi connectivity index (χ0) is 38.4. The van der Waals surface area contributed by atoms with Gasteiger partial charge in [-0.05, 0) is 92.9 Å². The summed E-state index contributed by atoms with van der Waals surface area (Å²) >= 11 is 0. The third-order valence-corrected chi connectivity index (χ3v) is 11.4. The van der Waals surface area contributed by atoms with Gasteiger partial charge in [0.15, 0.2) is 11.5 Å². The Morgan fingerprint density at radius 3 is 2.22 bits per heavy atom. The molecule has 0 aliphatic carbocycles. The zero-order valence-electron chi connectivity index (χ0n) is 33.8. The van der Waals surface area contributed by atoms with Gasteiger partial charge in [-0.3, -0.25) is 11.3 Å². The van der Waals surface area contributed by atoms with Gasteiger partial charge in [-0.25, -0.2) is 12.6 Å². The number of likely N-dealkylation sites (N-methyl/N-ethyl adjacent to an activating group) is 2. The summed E-state index contributed by atoms with van der Waals surface area (Å²) < 4.78 is 18.8. The number of aliphatic hydroxyl groups excluding tert-OH is 1. The van der Waals surface area contributed by atoms with E-state index in [4.69, 9.17) is 19.5 Å². The molecule has 8 rings (SSSR count). The van der Waals surface area contributed by atoms with Gasteiger partial charge < -0.3 is 39.3 Å². The number of fused-ring (bicyclic) bond motifs is 5. The van der Waals surface area contributed by atoms with Crippen LogP contribution in [-0.2, 0) is 119 Å². The van der Waals surface area contributed by atoms with Gasteiger partial charge in [0.1, 0.15) is 13.2 Å². The van der Waals surface area contributed by atoms with Crippen molar-refractivity contribution in [2.24, 2.45) is 0 Å². The molecule has 12 heteroatoms. The van der Waals surface area contributed by atoms with E-state index in [1.165, 1.54) is 11.1 Å². The minimum Gasteiger partial charge on any atom is -0.705 e. The molecule has 1 amide bonds. The maximum absolute atomic E-state index is 14.0. The molecule has 3 aliphatic heterocycles. The number of aliphatic hydroxyl groups is 1. The number of ether oxygens (including phenoxy) is 3. The molecule has 0 unspecified atom stereocenters. The van der Waals surface area contributed by atoms with E-state index in [0.717, 1.165) is 63.4 Å². The van der Waals surface area contributed by atoms with Gasteiger partial charge in [-0.15, -0.1) is 17.4 Å². The van der Waals surface area contributed by atoms with Crippen LogP contribution in [0, 0.1) is 39.9 Å². The number of hydrogen-bond acceptors (Lipinski definition) is 7. The van der Waals surface area contributed by atoms with Crippen molar-refractivity contribution in [1.82, 2.24) is 0 Å². The van der Waals surface area contributed by atoms with E-state index in [0.29, 0.717) is 41.6 Å². The van der Waals surface area contributed by atoms with Crippen molar-refractivity contribution in [2.45, 2.75) is 65.5 Å². The number of amides is 1. The predicted octanol–water partition coefficient (Wildman–Crippen LogP) is 8.47. The quantitative estimate of drug-likeness (QED) is 0.133. The molecule has 0 spiro atoms. The Labute approximate surface area is 407 Å². The number of anilines is 3. The predicted molar refractivity (Wildman–Crippen MR) is 217 cm³/mol. The fraction of sp³-hybridized carbons (Fsp3) is 0.283. The number of para-hydroxylation sites is 2. The average Bonchev–Trinajstić information content (AvgIpc) is 3.76. The number of carbonyl (C=O) groups excluding carboxylic acids is 1. The van der Waals surface area contributed by atoms with Crippen LogP contribution in [0.25, 0.3) is 5.32 Å². The first-order valence-corrected chi connectivity index (χ1v) is 18.7. The number of carbonyl (C=O) groups is 1. The van der Waals surface area contributed by atoms with Crippen LogP contribution in [0.5, 0.6) is 17.2 Å². The Morgan fingerprint density at radius 2 is 1.53 bits per heavy atom. The number of rotatable bonds is 11. The first-order valence-electron chi connectivity index (χ1n) is 18.7. The Balaban J connectivity index is 0.00000214. The maximum atomic E-state index is 14.0. The van der Waals surface area contributed by atoms with Crippen LogP contribution in [0.3, 0.4) is 0 Å². The second-order valence-electron chi connectivity index (χ2n) is 14.7. The largest absolute Gasteiger partial charge is 2.00 e. The molecule has 0 saturated carbocycles. The number of hydrogen-bond donors (Lipinski definition) is 1. The van der Waals surface area contributed by atoms with E-state index >= 15 is 0 Å². The Bertz CT molecular complexity index is 2270. The first-order chi connectivity index (χ1) is 26.6. The molecule has 2 atom stereocenters. The molecule has 5 aromatic carbocycles. The summed E-state index contributed by atoms with van der Waals surface area (Å²) in [6.45, 7) is 11.0. The van der Waals surface area contributed by atoms with Crippen LogP contribution in [-0.4, -0.2) is 44.3 Å². The summed E-state index contributed by atoms with van der Waals surface area (Å²) in [5, 5.41) is 15.0. The van der Waals surface area contributed by atoms with Crippen LogP contribution in [0.1, 0.15) is 54.9 Å². The number of methoxy groups -OCH3 is 1. The van der Waals surface area contributed by atoms with Crippen molar-refractivity contribution in [3.8, 4) is 17.2 Å². The monoisotopic (exact) mass is 1100 g/mol. The van der Waals surface area contributed by atoms with E-state index in [2.05, 4.69) is 70.3 Å². The Morgan fingerprint density at radius 1 is 0.862 bits per heavy atom. The normalized spacial score (nSPS) is 15.9. The molecular weight excluding hydrogens is 1050 g/mol. The maximum Gasteiger partial charge on any atom is 2.00 e. The van der Waals surface area contributed by atoms with Crippen molar-refractivity contribution < 1.29 is 111 Å². The van der Waals surface area contributed by atoms with Gasteiger partial charge in [0.05, 0.1) is 12.7 Å². The van der Waals surface area contributed by atoms with Crippen LogP contribution < -0.4 is 28.9 Å². The summed E-state index contributed by atoms with van der Waals surface area (Å²) in [6, 6.07) is 29.2. The van der Waals surface area contributed by atoms with Crippen molar-refractivity contribution >= 4 is 28.7 Å². The van der Waals surface area contributed by atoms with Crippen molar-refractivity contribution in [2.75, 3.05) is 35.9 Å². The molecule has 0 saturated heterocycles. The van der Waals surface area contributed by atoms with Crippen LogP contribution in [0.15, 0.2) is 78.9 Å². The van der Waals surface area contributed by atoms with Crippen LogP contribution >= 0.6 is 0 Å². The molecule has 2 radical (unpaired) electrons. The molecule has 0 aromatic heterocycles. The van der Waals surface area contributed by atoms with Crippen LogP contribution in [0.4, 0.5) is 22.7 Å². The molecule has 3 aliphatic rings. The molecule has 5 aromatic rings. The molecule has 1 N–H and O–H groups in total. The summed E-state index contributed by atoms with van der Waals surface area (Å²) in [5.41, 5.74) is 12.7. The van der Waals surface area contributed by atoms with Gasteiger partial charge in [0, 0.05) is 95.2 Å². The SMILES string of the molecule is COc1cc2c(cc1OCc1cc(COc3cc(N(C)[CH-][C@@H]4Cc5ccccc5[N-]4)[c-]cc3CO)c(C)c(C)c1C)N(C)[CH-][C@@H]1Cc3ccccc3N1C2=O.[W+2].[Y].[Y]. The van der Waals surface area contributed by atoms with Crippen molar-refractivity contribution in [3.05, 3.63) is 153 Å². The summed E-state index contributed by atoms with van der Waals surface area (Å²) in [6.07, 6.45) is 1.63. The second-order valence-corrected chi connectivity index (χ2v) is 14.7. The summed E-state index contributed by atoms with van der Waals surface area (Å²) in [7, 11) is 5.57. The first kappa shape index (κ1) is 46.3. The summed E-state index contributed by atoms with van der Waals surface area (Å²) in [5.74, 6) is 1.60. The molecule has 9 nitrogen and oxygen atoms in total. The molecule has 0 fully saturated rings. The standard InChI is InChI=1S/C46H46N4O5.W.2Y/c1-28-29(2)34(26-54-43-20-37(16-15-33(43)25-51)48(4)23-36-18-31-11-7-9-13-40(31)47-36)17-35(30(28)3)27-55-45-22-42-39(21-44(45)53-6)46(52)50-38(24-49(42)5)19-32-12-8-10-14-41(32)50;;;/h7-15,17,20-24,36,38,51H,18-19,25-27H2,1-6H3;;;/q-4;+2;;/t36-,38-;;;/m0.../s1. The minimum absolute atomic E-state index is 0. The van der Waals surface area contributed by atoms with Gasteiger partial charge in [0.2, 0.25) is 0 Å². The molecule has 0 bridgehead atoms. The molecular formula is C46H46N4O5WY2-2. The number of nitrogens with zero attached hydrogens (tertiary/aromatic N) is 4. The average molecular weight is 1100 g/mol. The fourth-order valence-corrected chi connectivity index (χ4v) is 7.98. The minimum atomic E-state index is -0.162. The van der Waals surface area contributed by atoms with Crippen molar-refractivity contribution in [3.63, 3.8) is 0 Å². The van der Waals surface area contributed by atoms with Crippen molar-refractivity contribution in [1.29, 1.82) is 0 Å². The Hall–Kier alpha value is -2.77. The summed E-state index contributed by atoms with van der Waals surface area (Å²) in [4.78, 5) is 20.0. The van der Waals surface area contributed by atoms with Gasteiger partial charge >= 0.3 is 21.1 Å². The Kier molecular flexibility index (Phi) is 15.8. The smallest absolute Gasteiger partial charge is 0.705 e. The van der Waals surface area contributed by atoms with E-state index in [1.807, 2.05) is 65.2 Å². The van der Waals surface area contributed by atoms with Gasteiger partial charge in [-0.2, -0.15) is 12.1 Å². The second kappa shape index (κ2) is 19.7. The topological polar surface area (TPSA) is 88.8 Å². The molecule has 3 heterocycles. The zero-order valence-corrected chi connectivity index (χ0v) is 42.4. The van der Waals surface area contributed by atoms with Gasteiger partial charge in [0.25, 0.3) is 5.91 Å². The third-order valence-electron chi connectivity index (χ3n) is 11.4.